The summed E-state index contributed by atoms with van der Waals surface area (Å²) in [7, 11) is 0. The number of pyridine rings is 2. The van der Waals surface area contributed by atoms with Gasteiger partial charge >= 0.3 is 0 Å². The largest absolute Gasteiger partial charge is 0.358 e. The molecule has 43 heavy (non-hydrogen) atoms. The standard InChI is InChI=1S/C34H36N8S/c1-20(2)29-8-9-30(43-29)33-32-28(12-15-37-33)39-34(40-32)31-23(5)27(41-42-31)7-6-21(3)25-17-26(19-36-18-25)38-22(4)16-24-10-13-35-14-11-24/h6-9,12,15,17-19,24,35,38,41H,1,4-5,10-11,13-14,16H2,2-3H3,(H,39,40)/b21-6+,27-7+. The molecule has 0 spiro atoms. The van der Waals surface area contributed by atoms with Crippen LogP contribution in [0.3, 0.4) is 0 Å². The van der Waals surface area contributed by atoms with E-state index < -0.39 is 0 Å². The van der Waals surface area contributed by atoms with E-state index in [-0.39, 0.29) is 0 Å². The highest BCUT2D eigenvalue weighted by atomic mass is 32.1. The van der Waals surface area contributed by atoms with Gasteiger partial charge in [0.25, 0.3) is 0 Å². The number of imidazole rings is 1. The summed E-state index contributed by atoms with van der Waals surface area (Å²) in [5, 5.41) is 16.1. The van der Waals surface area contributed by atoms with Gasteiger partial charge in [-0.2, -0.15) is 5.10 Å². The molecule has 0 saturated carbocycles. The smallest absolute Gasteiger partial charge is 0.159 e. The maximum absolute atomic E-state index is 4.89. The van der Waals surface area contributed by atoms with Gasteiger partial charge in [0, 0.05) is 28.2 Å². The summed E-state index contributed by atoms with van der Waals surface area (Å²) in [4.78, 5) is 19.6. The zero-order chi connectivity index (χ0) is 29.9. The maximum Gasteiger partial charge on any atom is 0.159 e. The summed E-state index contributed by atoms with van der Waals surface area (Å²) in [6.45, 7) is 18.9. The van der Waals surface area contributed by atoms with E-state index >= 15 is 0 Å². The van der Waals surface area contributed by atoms with Crippen LogP contribution in [0, 0.1) is 5.92 Å². The van der Waals surface area contributed by atoms with Crippen molar-refractivity contribution in [1.29, 1.82) is 0 Å². The van der Waals surface area contributed by atoms with Crippen LogP contribution in [-0.4, -0.2) is 43.2 Å². The molecule has 1 aliphatic rings. The van der Waals surface area contributed by atoms with Gasteiger partial charge in [-0.25, -0.2) is 4.98 Å². The van der Waals surface area contributed by atoms with E-state index in [1.807, 2.05) is 37.5 Å². The number of anilines is 1. The van der Waals surface area contributed by atoms with Gasteiger partial charge in [-0.3, -0.25) is 15.1 Å². The van der Waals surface area contributed by atoms with Crippen LogP contribution in [0.5, 0.6) is 0 Å². The second-order valence-corrected chi connectivity index (χ2v) is 12.2. The molecular weight excluding hydrogens is 552 g/mol. The Morgan fingerprint density at radius 1 is 1.12 bits per heavy atom. The lowest BCUT2D eigenvalue weighted by molar-refractivity contribution is 0.373. The third kappa shape index (κ3) is 6.28. The van der Waals surface area contributed by atoms with Gasteiger partial charge in [0.1, 0.15) is 16.9 Å². The van der Waals surface area contributed by atoms with Crippen molar-refractivity contribution in [2.24, 2.45) is 5.92 Å². The van der Waals surface area contributed by atoms with Crippen molar-refractivity contribution in [3.8, 4) is 22.1 Å². The first-order chi connectivity index (χ1) is 20.9. The molecule has 4 N–H and O–H groups in total. The van der Waals surface area contributed by atoms with E-state index in [0.717, 1.165) is 84.7 Å². The number of aromatic amines is 2. The molecule has 6 heterocycles. The lowest BCUT2D eigenvalue weighted by Crippen LogP contribution is -2.28. The predicted octanol–water partition coefficient (Wildman–Crippen LogP) is 6.11. The topological polar surface area (TPSA) is 107 Å². The first-order valence-electron chi connectivity index (χ1n) is 14.5. The molecular formula is C34H36N8S. The summed E-state index contributed by atoms with van der Waals surface area (Å²) in [6.07, 6.45) is 12.9. The Bertz CT molecular complexity index is 1950. The number of aromatic nitrogens is 6. The van der Waals surface area contributed by atoms with Crippen LogP contribution in [0.25, 0.3) is 56.9 Å². The summed E-state index contributed by atoms with van der Waals surface area (Å²) in [5.41, 5.74) is 8.32. The Kier molecular flexibility index (Phi) is 8.18. The minimum absolute atomic E-state index is 0.648. The summed E-state index contributed by atoms with van der Waals surface area (Å²) in [6, 6.07) is 8.18. The molecule has 9 heteroatoms. The fraction of sp³-hybridized carbons (Fsp3) is 0.235. The number of rotatable bonds is 9. The summed E-state index contributed by atoms with van der Waals surface area (Å²) >= 11 is 1.66. The van der Waals surface area contributed by atoms with E-state index in [1.54, 1.807) is 17.5 Å². The van der Waals surface area contributed by atoms with Crippen LogP contribution in [0.1, 0.15) is 43.6 Å². The highest BCUT2D eigenvalue weighted by Crippen LogP contribution is 2.34. The Labute approximate surface area is 255 Å². The monoisotopic (exact) mass is 588 g/mol. The van der Waals surface area contributed by atoms with Crippen LogP contribution in [0.4, 0.5) is 5.69 Å². The first kappa shape index (κ1) is 28.5. The van der Waals surface area contributed by atoms with Crippen LogP contribution in [-0.2, 0) is 0 Å². The number of H-pyrrole nitrogens is 2. The van der Waals surface area contributed by atoms with Crippen LogP contribution in [0.15, 0.2) is 67.8 Å². The molecule has 0 unspecified atom stereocenters. The van der Waals surface area contributed by atoms with Crippen molar-refractivity contribution in [1.82, 2.24) is 35.5 Å². The molecule has 0 radical (unpaired) electrons. The Balaban J connectivity index is 1.21. The molecule has 218 valence electrons. The van der Waals surface area contributed by atoms with Gasteiger partial charge in [-0.05, 0) is 99.2 Å². The predicted molar refractivity (Wildman–Crippen MR) is 180 cm³/mol. The van der Waals surface area contributed by atoms with Crippen molar-refractivity contribution in [3.05, 3.63) is 88.8 Å². The second-order valence-electron chi connectivity index (χ2n) is 11.2. The van der Waals surface area contributed by atoms with Gasteiger partial charge in [0.05, 0.1) is 27.6 Å². The van der Waals surface area contributed by atoms with E-state index in [2.05, 4.69) is 80.6 Å². The van der Waals surface area contributed by atoms with Gasteiger partial charge in [-0.1, -0.05) is 25.8 Å². The number of nitrogens with zero attached hydrogens (tertiary/aromatic N) is 4. The van der Waals surface area contributed by atoms with Crippen LogP contribution < -0.4 is 21.2 Å². The third-order valence-electron chi connectivity index (χ3n) is 7.79. The number of thiophene rings is 1. The number of nitrogens with one attached hydrogen (secondary N) is 4. The highest BCUT2D eigenvalue weighted by Gasteiger charge is 2.16. The number of hydrogen-bond donors (Lipinski definition) is 4. The zero-order valence-corrected chi connectivity index (χ0v) is 25.4. The van der Waals surface area contributed by atoms with Crippen molar-refractivity contribution in [2.45, 2.75) is 33.1 Å². The molecule has 0 aliphatic carbocycles. The molecule has 1 saturated heterocycles. The van der Waals surface area contributed by atoms with E-state index in [9.17, 15) is 0 Å². The number of fused-ring (bicyclic) bond motifs is 1. The lowest BCUT2D eigenvalue weighted by atomic mass is 9.93. The Hall–Kier alpha value is -4.60. The van der Waals surface area contributed by atoms with Crippen molar-refractivity contribution in [2.75, 3.05) is 18.4 Å². The minimum Gasteiger partial charge on any atom is -0.358 e. The molecule has 6 rings (SSSR count). The molecule has 0 atom stereocenters. The minimum atomic E-state index is 0.648. The third-order valence-corrected chi connectivity index (χ3v) is 9.05. The van der Waals surface area contributed by atoms with Crippen molar-refractivity contribution >= 4 is 51.9 Å². The van der Waals surface area contributed by atoms with E-state index in [1.165, 1.54) is 12.8 Å². The molecule has 5 aromatic rings. The number of hydrogen-bond acceptors (Lipinski definition) is 7. The summed E-state index contributed by atoms with van der Waals surface area (Å²) < 4.78 is 0. The molecule has 1 aliphatic heterocycles. The maximum atomic E-state index is 4.89. The lowest BCUT2D eigenvalue weighted by Gasteiger charge is -2.23. The first-order valence-corrected chi connectivity index (χ1v) is 15.3. The molecule has 8 nitrogen and oxygen atoms in total. The van der Waals surface area contributed by atoms with E-state index in [0.29, 0.717) is 17.4 Å². The van der Waals surface area contributed by atoms with Crippen molar-refractivity contribution < 1.29 is 0 Å². The highest BCUT2D eigenvalue weighted by molar-refractivity contribution is 7.16. The van der Waals surface area contributed by atoms with Crippen LogP contribution in [0.2, 0.25) is 0 Å². The molecule has 0 aromatic carbocycles. The van der Waals surface area contributed by atoms with Crippen molar-refractivity contribution in [3.63, 3.8) is 0 Å². The van der Waals surface area contributed by atoms with E-state index in [4.69, 9.17) is 4.98 Å². The Morgan fingerprint density at radius 2 is 1.95 bits per heavy atom. The van der Waals surface area contributed by atoms with Gasteiger partial charge in [-0.15, -0.1) is 11.3 Å². The second kappa shape index (κ2) is 12.3. The number of piperidine rings is 1. The SMILES string of the molecule is C=C(CC1CCNCC1)Nc1cncc(/C(C)=C/C=c2/[nH]nc(-c3nc4c(-c5ccc(C(=C)C)s5)nccc4[nH]3)c2=C)c1. The van der Waals surface area contributed by atoms with Gasteiger partial charge in [0.2, 0.25) is 0 Å². The molecule has 1 fully saturated rings. The molecule has 0 amide bonds. The summed E-state index contributed by atoms with van der Waals surface area (Å²) in [5.74, 6) is 1.33. The number of allylic oxidation sites excluding steroid dienone is 4. The van der Waals surface area contributed by atoms with Gasteiger partial charge in [0.15, 0.2) is 5.82 Å². The zero-order valence-electron chi connectivity index (χ0n) is 24.6. The fourth-order valence-corrected chi connectivity index (χ4v) is 6.28. The Morgan fingerprint density at radius 3 is 2.74 bits per heavy atom. The van der Waals surface area contributed by atoms with Crippen LogP contribution >= 0.6 is 11.3 Å². The average Bonchev–Trinajstić information content (AvgIpc) is 3.75. The molecule has 0 bridgehead atoms. The fourth-order valence-electron chi connectivity index (χ4n) is 5.35. The quantitative estimate of drug-likeness (QED) is 0.165. The normalized spacial score (nSPS) is 14.8. The molecule has 5 aromatic heterocycles. The average molecular weight is 589 g/mol. The van der Waals surface area contributed by atoms with Gasteiger partial charge < -0.3 is 15.6 Å².